The van der Waals surface area contributed by atoms with Gasteiger partial charge in [0.2, 0.25) is 0 Å². The van der Waals surface area contributed by atoms with Crippen molar-refractivity contribution in [1.82, 2.24) is 14.7 Å². The van der Waals surface area contributed by atoms with Gasteiger partial charge in [0.15, 0.2) is 15.9 Å². The number of fused-ring (bicyclic) bond motifs is 1. The molecule has 0 bridgehead atoms. The van der Waals surface area contributed by atoms with Crippen LogP contribution in [0.4, 0.5) is 17.6 Å². The summed E-state index contributed by atoms with van der Waals surface area (Å²) in [4.78, 5) is 14.3. The molecule has 0 fully saturated rings. The van der Waals surface area contributed by atoms with Crippen LogP contribution in [0.3, 0.4) is 0 Å². The molecule has 2 heterocycles. The first-order chi connectivity index (χ1) is 16.2. The first-order valence-electron chi connectivity index (χ1n) is 10.4. The number of aryl methyl sites for hydroxylation is 1. The molecule has 4 rings (SSSR count). The molecule has 1 aliphatic rings. The Hall–Kier alpha value is -3.41. The van der Waals surface area contributed by atoms with Crippen LogP contribution in [0.2, 0.25) is 0 Å². The standard InChI is InChI=1S/C23H21F4N3O4S/c1-13-4-6-18(24)20(8-13)30-11-15-10-29(12-19(15)28-30)22(31)17-9-16(35(3,32)33)5-7-21(17)34-14(2)23(25,26)27/h4-9,11,14H,10,12H2,1-3H3/t14-/m0/s1. The third-order valence-electron chi connectivity index (χ3n) is 5.59. The van der Waals surface area contributed by atoms with Gasteiger partial charge in [-0.3, -0.25) is 4.79 Å². The number of sulfone groups is 1. The number of benzene rings is 2. The number of ether oxygens (including phenoxy) is 1. The molecule has 0 unspecified atom stereocenters. The minimum absolute atomic E-state index is 0.00592. The van der Waals surface area contributed by atoms with Crippen molar-refractivity contribution in [2.45, 2.75) is 44.1 Å². The number of nitrogens with zero attached hydrogens (tertiary/aromatic N) is 3. The van der Waals surface area contributed by atoms with E-state index in [1.165, 1.54) is 15.6 Å². The Morgan fingerprint density at radius 1 is 1.14 bits per heavy atom. The quantitative estimate of drug-likeness (QED) is 0.480. The number of rotatable bonds is 5. The van der Waals surface area contributed by atoms with Gasteiger partial charge in [0.25, 0.3) is 5.91 Å². The van der Waals surface area contributed by atoms with Crippen molar-refractivity contribution in [3.05, 3.63) is 70.8 Å². The van der Waals surface area contributed by atoms with Gasteiger partial charge in [0.1, 0.15) is 17.3 Å². The maximum Gasteiger partial charge on any atom is 0.425 e. The van der Waals surface area contributed by atoms with Crippen molar-refractivity contribution < 1.29 is 35.5 Å². The van der Waals surface area contributed by atoms with Crippen molar-refractivity contribution in [3.63, 3.8) is 0 Å². The van der Waals surface area contributed by atoms with Gasteiger partial charge in [-0.1, -0.05) is 6.07 Å². The summed E-state index contributed by atoms with van der Waals surface area (Å²) in [6.45, 7) is 2.66. The highest BCUT2D eigenvalue weighted by atomic mass is 32.2. The fourth-order valence-corrected chi connectivity index (χ4v) is 4.30. The lowest BCUT2D eigenvalue weighted by Gasteiger charge is -2.22. The van der Waals surface area contributed by atoms with Gasteiger partial charge in [-0.2, -0.15) is 18.3 Å². The molecule has 0 saturated heterocycles. The predicted octanol–water partition coefficient (Wildman–Crippen LogP) is 4.21. The van der Waals surface area contributed by atoms with E-state index in [0.717, 1.165) is 36.9 Å². The highest BCUT2D eigenvalue weighted by Gasteiger charge is 2.39. The number of alkyl halides is 3. The molecule has 35 heavy (non-hydrogen) atoms. The van der Waals surface area contributed by atoms with E-state index in [0.29, 0.717) is 11.3 Å². The summed E-state index contributed by atoms with van der Waals surface area (Å²) >= 11 is 0. The second-order valence-corrected chi connectivity index (χ2v) is 10.4. The molecule has 0 radical (unpaired) electrons. The monoisotopic (exact) mass is 511 g/mol. The number of aromatic nitrogens is 2. The fraction of sp³-hybridized carbons (Fsp3) is 0.304. The summed E-state index contributed by atoms with van der Waals surface area (Å²) < 4.78 is 83.7. The van der Waals surface area contributed by atoms with Crippen molar-refractivity contribution in [2.75, 3.05) is 6.26 Å². The molecule has 0 saturated carbocycles. The first-order valence-corrected chi connectivity index (χ1v) is 12.3. The normalized spacial score (nSPS) is 14.7. The third-order valence-corrected chi connectivity index (χ3v) is 6.70. The average molecular weight is 511 g/mol. The number of hydrogen-bond acceptors (Lipinski definition) is 5. The van der Waals surface area contributed by atoms with Crippen molar-refractivity contribution in [3.8, 4) is 11.4 Å². The maximum atomic E-state index is 14.2. The van der Waals surface area contributed by atoms with Gasteiger partial charge in [0, 0.05) is 24.6 Å². The van der Waals surface area contributed by atoms with E-state index in [4.69, 9.17) is 4.74 Å². The van der Waals surface area contributed by atoms with Crippen molar-refractivity contribution >= 4 is 15.7 Å². The largest absolute Gasteiger partial charge is 0.480 e. The van der Waals surface area contributed by atoms with E-state index in [9.17, 15) is 30.8 Å². The van der Waals surface area contributed by atoms with Crippen LogP contribution in [0.1, 0.15) is 34.1 Å². The third kappa shape index (κ3) is 5.02. The molecule has 0 N–H and O–H groups in total. The van der Waals surface area contributed by atoms with Gasteiger partial charge < -0.3 is 9.64 Å². The summed E-state index contributed by atoms with van der Waals surface area (Å²) in [5.41, 5.74) is 1.89. The zero-order chi connectivity index (χ0) is 25.7. The molecule has 7 nitrogen and oxygen atoms in total. The van der Waals surface area contributed by atoms with E-state index in [1.807, 2.05) is 6.92 Å². The van der Waals surface area contributed by atoms with Gasteiger partial charge in [-0.15, -0.1) is 0 Å². The van der Waals surface area contributed by atoms with Crippen LogP contribution in [0.15, 0.2) is 47.5 Å². The summed E-state index contributed by atoms with van der Waals surface area (Å²) in [6.07, 6.45) is -4.40. The summed E-state index contributed by atoms with van der Waals surface area (Å²) in [7, 11) is -3.74. The molecule has 1 aromatic heterocycles. The molecule has 3 aromatic rings. The molecule has 186 valence electrons. The Kier molecular flexibility index (Phi) is 6.12. The Morgan fingerprint density at radius 3 is 2.49 bits per heavy atom. The second kappa shape index (κ2) is 8.67. The highest BCUT2D eigenvalue weighted by molar-refractivity contribution is 7.90. The number of carbonyl (C=O) groups is 1. The van der Waals surface area contributed by atoms with Crippen LogP contribution in [0.25, 0.3) is 5.69 Å². The van der Waals surface area contributed by atoms with E-state index < -0.39 is 33.8 Å². The minimum atomic E-state index is -4.69. The van der Waals surface area contributed by atoms with Crippen molar-refractivity contribution in [1.29, 1.82) is 0 Å². The van der Waals surface area contributed by atoms with Gasteiger partial charge in [-0.05, 0) is 49.7 Å². The molecule has 1 amide bonds. The molecular weight excluding hydrogens is 490 g/mol. The van der Waals surface area contributed by atoms with Crippen LogP contribution in [0, 0.1) is 12.7 Å². The minimum Gasteiger partial charge on any atom is -0.480 e. The van der Waals surface area contributed by atoms with E-state index in [2.05, 4.69) is 5.10 Å². The lowest BCUT2D eigenvalue weighted by Crippen LogP contribution is -2.33. The summed E-state index contributed by atoms with van der Waals surface area (Å²) in [5, 5.41) is 4.36. The number of halogens is 4. The van der Waals surface area contributed by atoms with Crippen LogP contribution in [-0.4, -0.2) is 47.5 Å². The van der Waals surface area contributed by atoms with Crippen LogP contribution in [0.5, 0.6) is 5.75 Å². The zero-order valence-corrected chi connectivity index (χ0v) is 19.7. The SMILES string of the molecule is Cc1ccc(F)c(-n2cc3c(n2)CN(C(=O)c2cc(S(C)(=O)=O)ccc2O[C@@H](C)C(F)(F)F)C3)c1. The lowest BCUT2D eigenvalue weighted by molar-refractivity contribution is -0.189. The molecule has 0 spiro atoms. The van der Waals surface area contributed by atoms with Crippen LogP contribution >= 0.6 is 0 Å². The Labute approximate surface area is 198 Å². The second-order valence-electron chi connectivity index (χ2n) is 8.39. The molecule has 12 heteroatoms. The Balaban J connectivity index is 1.63. The number of amides is 1. The highest BCUT2D eigenvalue weighted by Crippen LogP contribution is 2.32. The number of hydrogen-bond donors (Lipinski definition) is 0. The van der Waals surface area contributed by atoms with E-state index >= 15 is 0 Å². The molecular formula is C23H21F4N3O4S. The van der Waals surface area contributed by atoms with E-state index in [-0.39, 0.29) is 35.0 Å². The topological polar surface area (TPSA) is 81.5 Å². The van der Waals surface area contributed by atoms with Gasteiger partial charge >= 0.3 is 6.18 Å². The first kappa shape index (κ1) is 24.7. The zero-order valence-electron chi connectivity index (χ0n) is 18.9. The molecule has 1 aliphatic heterocycles. The smallest absolute Gasteiger partial charge is 0.425 e. The molecule has 2 aromatic carbocycles. The molecule has 1 atom stereocenters. The van der Waals surface area contributed by atoms with Gasteiger partial charge in [-0.25, -0.2) is 17.5 Å². The predicted molar refractivity (Wildman–Crippen MR) is 118 cm³/mol. The summed E-state index contributed by atoms with van der Waals surface area (Å²) in [6, 6.07) is 7.72. The molecule has 0 aliphatic carbocycles. The Morgan fingerprint density at radius 2 is 1.86 bits per heavy atom. The Bertz CT molecular complexity index is 1390. The average Bonchev–Trinajstić information content (AvgIpc) is 3.33. The van der Waals surface area contributed by atoms with Crippen molar-refractivity contribution in [2.24, 2.45) is 0 Å². The van der Waals surface area contributed by atoms with Crippen LogP contribution in [-0.2, 0) is 22.9 Å². The fourth-order valence-electron chi connectivity index (χ4n) is 3.66. The lowest BCUT2D eigenvalue weighted by atomic mass is 10.1. The van der Waals surface area contributed by atoms with Gasteiger partial charge in [0.05, 0.1) is 22.7 Å². The number of carbonyl (C=O) groups excluding carboxylic acids is 1. The van der Waals surface area contributed by atoms with E-state index in [1.54, 1.807) is 18.3 Å². The van der Waals surface area contributed by atoms with Crippen LogP contribution < -0.4 is 4.74 Å². The maximum absolute atomic E-state index is 14.2. The summed E-state index contributed by atoms with van der Waals surface area (Å²) in [5.74, 6) is -1.57.